The number of hydrogen-bond donors (Lipinski definition) is 2. The van der Waals surface area contributed by atoms with Crippen LogP contribution in [-0.4, -0.2) is 0 Å². The molecule has 0 bridgehead atoms. The lowest BCUT2D eigenvalue weighted by molar-refractivity contribution is 0.568. The molecular formula is C12H15ClN2. The van der Waals surface area contributed by atoms with Crippen LogP contribution in [0.1, 0.15) is 30.5 Å². The van der Waals surface area contributed by atoms with Crippen LogP contribution in [0.15, 0.2) is 18.2 Å². The van der Waals surface area contributed by atoms with Crippen LogP contribution in [0.3, 0.4) is 0 Å². The third kappa shape index (κ3) is 3.24. The second-order valence-corrected chi connectivity index (χ2v) is 3.77. The summed E-state index contributed by atoms with van der Waals surface area (Å²) in [6, 6.07) is 5.97. The van der Waals surface area contributed by atoms with Gasteiger partial charge in [-0.2, -0.15) is 0 Å². The molecule has 0 heterocycles. The Kier molecular flexibility index (Phi) is 4.64. The Balaban J connectivity index is 2.90. The lowest BCUT2D eigenvalue weighted by Crippen LogP contribution is -2.27. The van der Waals surface area contributed by atoms with Crippen molar-refractivity contribution >= 4 is 11.6 Å². The number of benzene rings is 1. The van der Waals surface area contributed by atoms with Gasteiger partial charge < -0.3 is 0 Å². The zero-order valence-electron chi connectivity index (χ0n) is 8.97. The van der Waals surface area contributed by atoms with Gasteiger partial charge in [-0.25, -0.2) is 0 Å². The zero-order chi connectivity index (χ0) is 11.3. The number of aryl methyl sites for hydroxylation is 1. The monoisotopic (exact) mass is 222 g/mol. The molecule has 3 heteroatoms. The molecule has 0 amide bonds. The minimum Gasteiger partial charge on any atom is -0.271 e. The SMILES string of the molecule is CC#CCC(NN)c1ccc(C)c(Cl)c1. The molecule has 1 rings (SSSR count). The minimum atomic E-state index is 0.0375. The number of nitrogens with two attached hydrogens (primary N) is 1. The van der Waals surface area contributed by atoms with E-state index in [9.17, 15) is 0 Å². The van der Waals surface area contributed by atoms with E-state index in [0.717, 1.165) is 16.1 Å². The Hall–Kier alpha value is -1.01. The standard InChI is InChI=1S/C12H15ClN2/c1-3-4-5-12(15-14)10-7-6-9(2)11(13)8-10/h6-8,12,15H,5,14H2,1-2H3. The first-order valence-corrected chi connectivity index (χ1v) is 5.18. The predicted octanol–water partition coefficient (Wildman–Crippen LogP) is 2.57. The van der Waals surface area contributed by atoms with E-state index in [-0.39, 0.29) is 6.04 Å². The van der Waals surface area contributed by atoms with Gasteiger partial charge in [0.05, 0.1) is 6.04 Å². The molecule has 1 aromatic rings. The van der Waals surface area contributed by atoms with Crippen molar-refractivity contribution in [2.75, 3.05) is 0 Å². The number of rotatable bonds is 3. The molecule has 0 aliphatic heterocycles. The first kappa shape index (κ1) is 12.1. The van der Waals surface area contributed by atoms with E-state index in [1.54, 1.807) is 0 Å². The summed E-state index contributed by atoms with van der Waals surface area (Å²) >= 11 is 6.04. The Morgan fingerprint density at radius 1 is 1.53 bits per heavy atom. The molecule has 1 unspecified atom stereocenters. The summed E-state index contributed by atoms with van der Waals surface area (Å²) in [6.45, 7) is 3.79. The minimum absolute atomic E-state index is 0.0375. The van der Waals surface area contributed by atoms with Crippen LogP contribution in [0.2, 0.25) is 5.02 Å². The lowest BCUT2D eigenvalue weighted by Gasteiger charge is -2.14. The van der Waals surface area contributed by atoms with Gasteiger partial charge >= 0.3 is 0 Å². The number of nitrogens with one attached hydrogen (secondary N) is 1. The van der Waals surface area contributed by atoms with E-state index >= 15 is 0 Å². The van der Waals surface area contributed by atoms with Crippen LogP contribution in [0.4, 0.5) is 0 Å². The molecule has 0 spiro atoms. The van der Waals surface area contributed by atoms with Crippen LogP contribution in [-0.2, 0) is 0 Å². The molecule has 0 fully saturated rings. The third-order valence-electron chi connectivity index (χ3n) is 2.28. The van der Waals surface area contributed by atoms with Gasteiger partial charge in [-0.15, -0.1) is 11.8 Å². The van der Waals surface area contributed by atoms with Crippen molar-refractivity contribution in [3.63, 3.8) is 0 Å². The highest BCUT2D eigenvalue weighted by molar-refractivity contribution is 6.31. The first-order chi connectivity index (χ1) is 7.19. The molecule has 0 aliphatic carbocycles. The van der Waals surface area contributed by atoms with Crippen molar-refractivity contribution in [2.45, 2.75) is 26.3 Å². The summed E-state index contributed by atoms with van der Waals surface area (Å²) in [4.78, 5) is 0. The Labute approximate surface area is 95.8 Å². The maximum absolute atomic E-state index is 6.04. The number of halogens is 1. The van der Waals surface area contributed by atoms with E-state index in [2.05, 4.69) is 17.3 Å². The largest absolute Gasteiger partial charge is 0.271 e. The highest BCUT2D eigenvalue weighted by Crippen LogP contribution is 2.22. The molecule has 15 heavy (non-hydrogen) atoms. The van der Waals surface area contributed by atoms with Crippen molar-refractivity contribution in [3.05, 3.63) is 34.3 Å². The maximum atomic E-state index is 6.04. The molecule has 2 nitrogen and oxygen atoms in total. The highest BCUT2D eigenvalue weighted by Gasteiger charge is 2.08. The Bertz CT molecular complexity index is 390. The lowest BCUT2D eigenvalue weighted by atomic mass is 10.0. The van der Waals surface area contributed by atoms with E-state index in [1.165, 1.54) is 0 Å². The van der Waals surface area contributed by atoms with Crippen molar-refractivity contribution in [3.8, 4) is 11.8 Å². The predicted molar refractivity (Wildman–Crippen MR) is 64.3 cm³/mol. The van der Waals surface area contributed by atoms with E-state index < -0.39 is 0 Å². The second kappa shape index (κ2) is 5.77. The van der Waals surface area contributed by atoms with E-state index in [0.29, 0.717) is 6.42 Å². The summed E-state index contributed by atoms with van der Waals surface area (Å²) in [7, 11) is 0. The fourth-order valence-corrected chi connectivity index (χ4v) is 1.49. The topological polar surface area (TPSA) is 38.0 Å². The van der Waals surface area contributed by atoms with Crippen LogP contribution in [0.25, 0.3) is 0 Å². The number of hydrazine groups is 1. The smallest absolute Gasteiger partial charge is 0.0569 e. The van der Waals surface area contributed by atoms with Crippen LogP contribution < -0.4 is 11.3 Å². The average molecular weight is 223 g/mol. The van der Waals surface area contributed by atoms with Crippen LogP contribution in [0.5, 0.6) is 0 Å². The fourth-order valence-electron chi connectivity index (χ4n) is 1.30. The molecule has 0 saturated carbocycles. The second-order valence-electron chi connectivity index (χ2n) is 3.36. The van der Waals surface area contributed by atoms with Gasteiger partial charge in [0.1, 0.15) is 0 Å². The van der Waals surface area contributed by atoms with Crippen LogP contribution in [0, 0.1) is 18.8 Å². The van der Waals surface area contributed by atoms with E-state index in [1.807, 2.05) is 32.0 Å². The van der Waals surface area contributed by atoms with E-state index in [4.69, 9.17) is 17.4 Å². The van der Waals surface area contributed by atoms with Gasteiger partial charge in [-0.05, 0) is 31.0 Å². The quantitative estimate of drug-likeness (QED) is 0.469. The summed E-state index contributed by atoms with van der Waals surface area (Å²) in [5.41, 5.74) is 4.87. The van der Waals surface area contributed by atoms with Crippen LogP contribution >= 0.6 is 11.6 Å². The molecular weight excluding hydrogens is 208 g/mol. The molecule has 0 aliphatic rings. The van der Waals surface area contributed by atoms with Gasteiger partial charge in [0.25, 0.3) is 0 Å². The third-order valence-corrected chi connectivity index (χ3v) is 2.69. The van der Waals surface area contributed by atoms with Crippen molar-refractivity contribution in [1.82, 2.24) is 5.43 Å². The van der Waals surface area contributed by atoms with Gasteiger partial charge in [-0.1, -0.05) is 23.7 Å². The average Bonchev–Trinajstić information content (AvgIpc) is 2.24. The first-order valence-electron chi connectivity index (χ1n) is 4.80. The molecule has 0 radical (unpaired) electrons. The molecule has 80 valence electrons. The molecule has 1 atom stereocenters. The molecule has 3 N–H and O–H groups in total. The summed E-state index contributed by atoms with van der Waals surface area (Å²) in [5, 5.41) is 0.761. The normalized spacial score (nSPS) is 11.7. The fraction of sp³-hybridized carbons (Fsp3) is 0.333. The van der Waals surface area contributed by atoms with Gasteiger partial charge in [-0.3, -0.25) is 11.3 Å². The van der Waals surface area contributed by atoms with Crippen molar-refractivity contribution in [2.24, 2.45) is 5.84 Å². The maximum Gasteiger partial charge on any atom is 0.0569 e. The summed E-state index contributed by atoms with van der Waals surface area (Å²) in [6.07, 6.45) is 0.687. The molecule has 0 saturated heterocycles. The zero-order valence-corrected chi connectivity index (χ0v) is 9.73. The summed E-state index contributed by atoms with van der Waals surface area (Å²) in [5.74, 6) is 11.3. The summed E-state index contributed by atoms with van der Waals surface area (Å²) < 4.78 is 0. The highest BCUT2D eigenvalue weighted by atomic mass is 35.5. The van der Waals surface area contributed by atoms with Crippen molar-refractivity contribution in [1.29, 1.82) is 0 Å². The van der Waals surface area contributed by atoms with Crippen molar-refractivity contribution < 1.29 is 0 Å². The Morgan fingerprint density at radius 2 is 2.27 bits per heavy atom. The van der Waals surface area contributed by atoms with Gasteiger partial charge in [0, 0.05) is 11.4 Å². The van der Waals surface area contributed by atoms with Gasteiger partial charge in [0.2, 0.25) is 0 Å². The molecule has 1 aromatic carbocycles. The molecule has 0 aromatic heterocycles. The van der Waals surface area contributed by atoms with Gasteiger partial charge in [0.15, 0.2) is 0 Å². The number of hydrogen-bond acceptors (Lipinski definition) is 2. The Morgan fingerprint density at radius 3 is 2.80 bits per heavy atom.